The molecule has 27 heavy (non-hydrogen) atoms. The summed E-state index contributed by atoms with van der Waals surface area (Å²) < 4.78 is 0. The third-order valence-electron chi connectivity index (χ3n) is 4.64. The third kappa shape index (κ3) is 2.77. The monoisotopic (exact) mass is 348 g/mol. The molecule has 0 radical (unpaired) electrons. The molecule has 0 amide bonds. The SMILES string of the molecule is c1ccc(C2=Nc3c(ccc4ccccc34)C(c3cccnc3)=NN2)cc1. The van der Waals surface area contributed by atoms with Crippen LogP contribution in [0.15, 0.2) is 101 Å². The number of aliphatic imine (C=N–C) groups is 1. The van der Waals surface area contributed by atoms with Gasteiger partial charge < -0.3 is 0 Å². The minimum absolute atomic E-state index is 0.729. The van der Waals surface area contributed by atoms with E-state index in [9.17, 15) is 0 Å². The fourth-order valence-corrected chi connectivity index (χ4v) is 3.32. The van der Waals surface area contributed by atoms with Crippen molar-refractivity contribution >= 4 is 28.0 Å². The van der Waals surface area contributed by atoms with Gasteiger partial charge in [-0.05, 0) is 23.6 Å². The van der Waals surface area contributed by atoms with Gasteiger partial charge in [0.2, 0.25) is 0 Å². The molecule has 1 aromatic heterocycles. The maximum Gasteiger partial charge on any atom is 0.154 e. The fraction of sp³-hybridized carbons (Fsp3) is 0. The van der Waals surface area contributed by atoms with Crippen molar-refractivity contribution in [1.29, 1.82) is 0 Å². The highest BCUT2D eigenvalue weighted by Gasteiger charge is 2.19. The number of hydrogen-bond acceptors (Lipinski definition) is 4. The number of pyridine rings is 1. The number of benzene rings is 3. The minimum atomic E-state index is 0.729. The van der Waals surface area contributed by atoms with Crippen molar-refractivity contribution in [2.45, 2.75) is 0 Å². The Bertz CT molecular complexity index is 1180. The van der Waals surface area contributed by atoms with Gasteiger partial charge >= 0.3 is 0 Å². The quantitative estimate of drug-likeness (QED) is 0.572. The molecule has 0 atom stereocenters. The van der Waals surface area contributed by atoms with Crippen LogP contribution in [0.4, 0.5) is 5.69 Å². The average Bonchev–Trinajstić information content (AvgIpc) is 2.95. The standard InChI is InChI=1S/C23H16N4/c1-2-8-17(9-3-1)23-25-22-19-11-5-4-7-16(19)12-13-20(22)21(26-27-23)18-10-6-14-24-15-18/h1-15H,(H,25,27). The lowest BCUT2D eigenvalue weighted by atomic mass is 9.97. The van der Waals surface area contributed by atoms with Crippen LogP contribution < -0.4 is 5.43 Å². The second-order valence-electron chi connectivity index (χ2n) is 6.32. The zero-order valence-corrected chi connectivity index (χ0v) is 14.5. The minimum Gasteiger partial charge on any atom is -0.264 e. The molecule has 0 unspecified atom stereocenters. The lowest BCUT2D eigenvalue weighted by molar-refractivity contribution is 1.03. The summed E-state index contributed by atoms with van der Waals surface area (Å²) in [5, 5.41) is 6.95. The number of hydrazone groups is 1. The van der Waals surface area contributed by atoms with E-state index in [0.29, 0.717) is 0 Å². The number of nitrogens with one attached hydrogen (secondary N) is 1. The Morgan fingerprint density at radius 1 is 0.704 bits per heavy atom. The van der Waals surface area contributed by atoms with Gasteiger partial charge in [0.25, 0.3) is 0 Å². The number of aromatic nitrogens is 1. The molecule has 128 valence electrons. The molecule has 4 nitrogen and oxygen atoms in total. The highest BCUT2D eigenvalue weighted by Crippen LogP contribution is 2.33. The van der Waals surface area contributed by atoms with Crippen LogP contribution in [0.1, 0.15) is 16.7 Å². The summed E-state index contributed by atoms with van der Waals surface area (Å²) >= 11 is 0. The number of hydrogen-bond donors (Lipinski definition) is 1. The Kier molecular flexibility index (Phi) is 3.72. The van der Waals surface area contributed by atoms with Crippen LogP contribution in [0, 0.1) is 0 Å². The molecule has 0 fully saturated rings. The molecule has 0 saturated heterocycles. The number of fused-ring (bicyclic) bond motifs is 3. The molecule has 1 N–H and O–H groups in total. The van der Waals surface area contributed by atoms with E-state index in [-0.39, 0.29) is 0 Å². The van der Waals surface area contributed by atoms with Crippen LogP contribution in [0.3, 0.4) is 0 Å². The van der Waals surface area contributed by atoms with Crippen molar-refractivity contribution in [2.24, 2.45) is 10.1 Å². The first-order chi connectivity index (χ1) is 13.4. The molecule has 0 bridgehead atoms. The van der Waals surface area contributed by atoms with Crippen molar-refractivity contribution in [1.82, 2.24) is 10.4 Å². The van der Waals surface area contributed by atoms with Gasteiger partial charge in [-0.15, -0.1) is 0 Å². The molecule has 3 aromatic carbocycles. The molecule has 0 aliphatic carbocycles. The molecular weight excluding hydrogens is 332 g/mol. The van der Waals surface area contributed by atoms with E-state index in [1.807, 2.05) is 60.8 Å². The van der Waals surface area contributed by atoms with Crippen molar-refractivity contribution < 1.29 is 0 Å². The zero-order valence-electron chi connectivity index (χ0n) is 14.5. The van der Waals surface area contributed by atoms with E-state index in [1.54, 1.807) is 6.20 Å². The molecule has 0 spiro atoms. The second-order valence-corrected chi connectivity index (χ2v) is 6.32. The lowest BCUT2D eigenvalue weighted by Gasteiger charge is -2.10. The highest BCUT2D eigenvalue weighted by molar-refractivity contribution is 6.21. The molecule has 1 aliphatic rings. The topological polar surface area (TPSA) is 49.6 Å². The number of rotatable bonds is 2. The Labute approximate surface area is 156 Å². The summed E-state index contributed by atoms with van der Waals surface area (Å²) in [5.41, 5.74) is 7.85. The van der Waals surface area contributed by atoms with Gasteiger partial charge in [-0.2, -0.15) is 5.10 Å². The van der Waals surface area contributed by atoms with Crippen LogP contribution in [-0.2, 0) is 0 Å². The van der Waals surface area contributed by atoms with Crippen LogP contribution in [0.25, 0.3) is 10.8 Å². The first kappa shape index (κ1) is 15.5. The van der Waals surface area contributed by atoms with Crippen molar-refractivity contribution in [3.05, 3.63) is 108 Å². The van der Waals surface area contributed by atoms with Crippen LogP contribution in [-0.4, -0.2) is 16.5 Å². The predicted molar refractivity (Wildman–Crippen MR) is 110 cm³/mol. The first-order valence-corrected chi connectivity index (χ1v) is 8.80. The molecule has 4 aromatic rings. The molecule has 1 aliphatic heterocycles. The summed E-state index contributed by atoms with van der Waals surface area (Å²) in [6.07, 6.45) is 3.59. The van der Waals surface area contributed by atoms with Crippen LogP contribution in [0.2, 0.25) is 0 Å². The molecule has 0 saturated carbocycles. The van der Waals surface area contributed by atoms with E-state index >= 15 is 0 Å². The Hall–Kier alpha value is -3.79. The van der Waals surface area contributed by atoms with E-state index in [1.165, 1.54) is 0 Å². The van der Waals surface area contributed by atoms with E-state index in [2.05, 4.69) is 34.7 Å². The lowest BCUT2D eigenvalue weighted by Crippen LogP contribution is -2.19. The summed E-state index contributed by atoms with van der Waals surface area (Å²) in [6.45, 7) is 0. The Balaban J connectivity index is 1.80. The van der Waals surface area contributed by atoms with Crippen molar-refractivity contribution in [3.63, 3.8) is 0 Å². The maximum atomic E-state index is 4.98. The van der Waals surface area contributed by atoms with Crippen molar-refractivity contribution in [3.8, 4) is 0 Å². The fourth-order valence-electron chi connectivity index (χ4n) is 3.32. The number of amidine groups is 1. The molecular formula is C23H16N4. The van der Waals surface area contributed by atoms with Crippen LogP contribution in [0.5, 0.6) is 0 Å². The van der Waals surface area contributed by atoms with Gasteiger partial charge in [0, 0.05) is 34.5 Å². The largest absolute Gasteiger partial charge is 0.264 e. The molecule has 2 heterocycles. The predicted octanol–water partition coefficient (Wildman–Crippen LogP) is 4.67. The van der Waals surface area contributed by atoms with E-state index in [4.69, 9.17) is 10.1 Å². The van der Waals surface area contributed by atoms with Gasteiger partial charge in [0.15, 0.2) is 5.84 Å². The summed E-state index contributed by atoms with van der Waals surface area (Å²) in [6, 6.07) is 26.5. The third-order valence-corrected chi connectivity index (χ3v) is 4.64. The summed E-state index contributed by atoms with van der Waals surface area (Å²) in [7, 11) is 0. The Morgan fingerprint density at radius 2 is 1.52 bits per heavy atom. The van der Waals surface area contributed by atoms with Gasteiger partial charge in [0.05, 0.1) is 5.69 Å². The Morgan fingerprint density at radius 3 is 2.37 bits per heavy atom. The first-order valence-electron chi connectivity index (χ1n) is 8.80. The van der Waals surface area contributed by atoms with Crippen molar-refractivity contribution in [2.75, 3.05) is 0 Å². The normalized spacial score (nSPS) is 13.2. The zero-order chi connectivity index (χ0) is 18.1. The highest BCUT2D eigenvalue weighted by atomic mass is 15.3. The molecule has 4 heteroatoms. The van der Waals surface area contributed by atoms with Crippen LogP contribution >= 0.6 is 0 Å². The smallest absolute Gasteiger partial charge is 0.154 e. The van der Waals surface area contributed by atoms with E-state index in [0.717, 1.165) is 44.7 Å². The molecule has 5 rings (SSSR count). The average molecular weight is 348 g/mol. The summed E-state index contributed by atoms with van der Waals surface area (Å²) in [5.74, 6) is 0.729. The van der Waals surface area contributed by atoms with Gasteiger partial charge in [-0.25, -0.2) is 4.99 Å². The van der Waals surface area contributed by atoms with Gasteiger partial charge in [-0.1, -0.05) is 60.7 Å². The van der Waals surface area contributed by atoms with Gasteiger partial charge in [-0.3, -0.25) is 10.4 Å². The summed E-state index contributed by atoms with van der Waals surface area (Å²) in [4.78, 5) is 9.24. The second kappa shape index (κ2) is 6.50. The number of nitrogens with zero attached hydrogens (tertiary/aromatic N) is 3. The maximum absolute atomic E-state index is 4.98. The van der Waals surface area contributed by atoms with Gasteiger partial charge in [0.1, 0.15) is 5.71 Å². The van der Waals surface area contributed by atoms with E-state index < -0.39 is 0 Å².